The fourth-order valence-electron chi connectivity index (χ4n) is 2.84. The van der Waals surface area contributed by atoms with Crippen LogP contribution < -0.4 is 10.1 Å². The molecule has 27 heavy (non-hydrogen) atoms. The van der Waals surface area contributed by atoms with Gasteiger partial charge < -0.3 is 10.1 Å². The van der Waals surface area contributed by atoms with Crippen molar-refractivity contribution in [2.45, 2.75) is 25.8 Å². The van der Waals surface area contributed by atoms with Gasteiger partial charge in [0.25, 0.3) is 0 Å². The number of rotatable bonds is 7. The molecule has 0 unspecified atom stereocenters. The number of likely N-dealkylation sites (N-methyl/N-ethyl adjacent to an activating group) is 1. The van der Waals surface area contributed by atoms with Crippen LogP contribution in [0.25, 0.3) is 10.9 Å². The van der Waals surface area contributed by atoms with Crippen molar-refractivity contribution < 1.29 is 9.53 Å². The first kappa shape index (κ1) is 17.7. The lowest BCUT2D eigenvalue weighted by molar-refractivity contribution is -0.119. The maximum absolute atomic E-state index is 11.7. The lowest BCUT2D eigenvalue weighted by Gasteiger charge is -2.08. The summed E-state index contributed by atoms with van der Waals surface area (Å²) in [6.45, 7) is 1.20. The molecule has 140 valence electrons. The second-order valence-corrected chi connectivity index (χ2v) is 7.16. The molecule has 8 heteroatoms. The van der Waals surface area contributed by atoms with Gasteiger partial charge in [0.1, 0.15) is 5.02 Å². The van der Waals surface area contributed by atoms with E-state index in [0.29, 0.717) is 35.7 Å². The monoisotopic (exact) mass is 385 g/mol. The van der Waals surface area contributed by atoms with Crippen molar-refractivity contribution in [3.63, 3.8) is 0 Å². The summed E-state index contributed by atoms with van der Waals surface area (Å²) in [5.74, 6) is 1.05. The molecule has 1 saturated carbocycles. The van der Waals surface area contributed by atoms with Gasteiger partial charge in [-0.05, 0) is 36.5 Å². The van der Waals surface area contributed by atoms with Gasteiger partial charge in [-0.3, -0.25) is 14.5 Å². The first-order valence-electron chi connectivity index (χ1n) is 8.91. The highest BCUT2D eigenvalue weighted by Crippen LogP contribution is 2.31. The lowest BCUT2D eigenvalue weighted by atomic mass is 10.2. The number of hydrogen-bond donors (Lipinski definition) is 1. The van der Waals surface area contributed by atoms with Gasteiger partial charge in [0, 0.05) is 31.0 Å². The van der Waals surface area contributed by atoms with Crippen molar-refractivity contribution in [2.75, 3.05) is 13.7 Å². The zero-order valence-corrected chi connectivity index (χ0v) is 15.7. The molecule has 0 radical (unpaired) electrons. The Balaban J connectivity index is 1.51. The van der Waals surface area contributed by atoms with Crippen LogP contribution in [-0.2, 0) is 17.8 Å². The molecule has 0 bridgehead atoms. The third-order valence-electron chi connectivity index (χ3n) is 4.53. The molecule has 3 aromatic rings. The van der Waals surface area contributed by atoms with Crippen LogP contribution in [0, 0.1) is 5.92 Å². The molecule has 1 amide bonds. The van der Waals surface area contributed by atoms with E-state index in [1.54, 1.807) is 24.1 Å². The highest BCUT2D eigenvalue weighted by molar-refractivity contribution is 6.31. The fourth-order valence-corrected chi connectivity index (χ4v) is 3.08. The zero-order valence-electron chi connectivity index (χ0n) is 15.0. The molecule has 0 aromatic carbocycles. The van der Waals surface area contributed by atoms with Crippen molar-refractivity contribution in [3.05, 3.63) is 47.0 Å². The van der Waals surface area contributed by atoms with Crippen molar-refractivity contribution in [1.82, 2.24) is 25.1 Å². The molecule has 1 fully saturated rings. The van der Waals surface area contributed by atoms with E-state index in [4.69, 9.17) is 16.3 Å². The number of ether oxygens (including phenoxy) is 1. The Morgan fingerprint density at radius 2 is 2.26 bits per heavy atom. The van der Waals surface area contributed by atoms with Crippen LogP contribution >= 0.6 is 11.6 Å². The maximum Gasteiger partial charge on any atom is 0.232 e. The minimum atomic E-state index is -0.0829. The Labute approximate surface area is 161 Å². The summed E-state index contributed by atoms with van der Waals surface area (Å²) in [6, 6.07) is 3.69. The molecular weight excluding hydrogens is 366 g/mol. The smallest absolute Gasteiger partial charge is 0.232 e. The molecule has 3 aromatic heterocycles. The van der Waals surface area contributed by atoms with Crippen LogP contribution in [0.4, 0.5) is 0 Å². The Kier molecular flexibility index (Phi) is 4.94. The number of carbonyl (C=O) groups is 1. The average Bonchev–Trinajstić information content (AvgIpc) is 3.39. The summed E-state index contributed by atoms with van der Waals surface area (Å²) in [5, 5.41) is 8.55. The van der Waals surface area contributed by atoms with Crippen LogP contribution in [0.3, 0.4) is 0 Å². The molecule has 7 nitrogen and oxygen atoms in total. The first-order chi connectivity index (χ1) is 13.1. The van der Waals surface area contributed by atoms with Crippen molar-refractivity contribution in [2.24, 2.45) is 5.92 Å². The first-order valence-corrected chi connectivity index (χ1v) is 9.29. The van der Waals surface area contributed by atoms with Gasteiger partial charge in [0.2, 0.25) is 11.8 Å². The third-order valence-corrected chi connectivity index (χ3v) is 4.80. The molecule has 0 atom stereocenters. The van der Waals surface area contributed by atoms with Crippen LogP contribution in [0.1, 0.15) is 24.1 Å². The van der Waals surface area contributed by atoms with Crippen molar-refractivity contribution in [1.29, 1.82) is 0 Å². The van der Waals surface area contributed by atoms with E-state index < -0.39 is 0 Å². The summed E-state index contributed by atoms with van der Waals surface area (Å²) in [4.78, 5) is 20.3. The molecule has 0 saturated heterocycles. The number of fused-ring (bicyclic) bond motifs is 1. The summed E-state index contributed by atoms with van der Waals surface area (Å²) in [6.07, 6.45) is 7.98. The van der Waals surface area contributed by atoms with Gasteiger partial charge in [-0.2, -0.15) is 5.10 Å². The second-order valence-electron chi connectivity index (χ2n) is 6.75. The largest absolute Gasteiger partial charge is 0.476 e. The summed E-state index contributed by atoms with van der Waals surface area (Å²) < 4.78 is 7.47. The van der Waals surface area contributed by atoms with E-state index in [2.05, 4.69) is 20.4 Å². The van der Waals surface area contributed by atoms with Crippen molar-refractivity contribution >= 4 is 28.4 Å². The summed E-state index contributed by atoms with van der Waals surface area (Å²) in [5.41, 5.74) is 2.43. The Bertz CT molecular complexity index is 983. The molecule has 1 aliphatic rings. The molecule has 3 heterocycles. The normalized spacial score (nSPS) is 13.7. The molecule has 0 aliphatic heterocycles. The number of carbonyl (C=O) groups excluding carboxylic acids is 1. The van der Waals surface area contributed by atoms with E-state index in [0.717, 1.165) is 16.5 Å². The van der Waals surface area contributed by atoms with E-state index in [9.17, 15) is 4.79 Å². The van der Waals surface area contributed by atoms with Crippen molar-refractivity contribution in [3.8, 4) is 5.88 Å². The van der Waals surface area contributed by atoms with E-state index in [1.807, 2.05) is 18.3 Å². The summed E-state index contributed by atoms with van der Waals surface area (Å²) in [7, 11) is 1.61. The average molecular weight is 386 g/mol. The Morgan fingerprint density at radius 3 is 3.00 bits per heavy atom. The standard InChI is InChI=1S/C19H20ClN5O2/c1-21-18(26)7-17-14-10-25(24-16(14)4-5-22-17)9-13-6-15(20)19(23-8-13)27-11-12-2-3-12/h4-6,8,10,12H,2-3,7,9,11H2,1H3,(H,21,26). The minimum absolute atomic E-state index is 0.0829. The summed E-state index contributed by atoms with van der Waals surface area (Å²) >= 11 is 6.31. The lowest BCUT2D eigenvalue weighted by Crippen LogP contribution is -2.20. The van der Waals surface area contributed by atoms with Gasteiger partial charge in [-0.25, -0.2) is 4.98 Å². The molecular formula is C19H20ClN5O2. The molecule has 4 rings (SSSR count). The van der Waals surface area contributed by atoms with Crippen LogP contribution in [-0.4, -0.2) is 39.3 Å². The molecule has 0 spiro atoms. The SMILES string of the molecule is CNC(=O)Cc1nccc2nn(Cc3cnc(OCC4CC4)c(Cl)c3)cc12. The van der Waals surface area contributed by atoms with Crippen LogP contribution in [0.2, 0.25) is 5.02 Å². The predicted octanol–water partition coefficient (Wildman–Crippen LogP) is 2.61. The Hall–Kier alpha value is -2.67. The topological polar surface area (TPSA) is 81.9 Å². The highest BCUT2D eigenvalue weighted by atomic mass is 35.5. The van der Waals surface area contributed by atoms with Gasteiger partial charge in [0.05, 0.1) is 30.8 Å². The fraction of sp³-hybridized carbons (Fsp3) is 0.368. The van der Waals surface area contributed by atoms with Gasteiger partial charge in [-0.1, -0.05) is 11.6 Å². The number of halogens is 1. The predicted molar refractivity (Wildman–Crippen MR) is 102 cm³/mol. The molecule has 1 N–H and O–H groups in total. The quantitative estimate of drug-likeness (QED) is 0.676. The van der Waals surface area contributed by atoms with Gasteiger partial charge in [-0.15, -0.1) is 0 Å². The highest BCUT2D eigenvalue weighted by Gasteiger charge is 2.22. The Morgan fingerprint density at radius 1 is 1.41 bits per heavy atom. The van der Waals surface area contributed by atoms with E-state index >= 15 is 0 Å². The number of nitrogens with zero attached hydrogens (tertiary/aromatic N) is 4. The van der Waals surface area contributed by atoms with E-state index in [1.165, 1.54) is 12.8 Å². The second kappa shape index (κ2) is 7.52. The number of hydrogen-bond acceptors (Lipinski definition) is 5. The van der Waals surface area contributed by atoms with Gasteiger partial charge >= 0.3 is 0 Å². The van der Waals surface area contributed by atoms with Gasteiger partial charge in [0.15, 0.2) is 0 Å². The maximum atomic E-state index is 11.7. The van der Waals surface area contributed by atoms with Crippen LogP contribution in [0.15, 0.2) is 30.7 Å². The number of aromatic nitrogens is 4. The number of amides is 1. The van der Waals surface area contributed by atoms with Crippen LogP contribution in [0.5, 0.6) is 5.88 Å². The number of pyridine rings is 2. The minimum Gasteiger partial charge on any atom is -0.476 e. The van der Waals surface area contributed by atoms with E-state index in [-0.39, 0.29) is 12.3 Å². The number of nitrogens with one attached hydrogen (secondary N) is 1. The zero-order chi connectivity index (χ0) is 18.8. The third kappa shape index (κ3) is 4.19. The molecule has 1 aliphatic carbocycles.